The number of fused-ring (bicyclic) bond motifs is 1. The van der Waals surface area contributed by atoms with Gasteiger partial charge in [0.25, 0.3) is 0 Å². The van der Waals surface area contributed by atoms with E-state index in [0.29, 0.717) is 5.92 Å². The zero-order chi connectivity index (χ0) is 23.2. The van der Waals surface area contributed by atoms with Crippen molar-refractivity contribution in [2.75, 3.05) is 0 Å². The highest BCUT2D eigenvalue weighted by Crippen LogP contribution is 2.50. The first kappa shape index (κ1) is 24.9. The van der Waals surface area contributed by atoms with E-state index in [1.165, 1.54) is 95.6 Å². The summed E-state index contributed by atoms with van der Waals surface area (Å²) in [6.07, 6.45) is 20.4. The molecule has 0 aromatic heterocycles. The fourth-order valence-electron chi connectivity index (χ4n) is 7.46. The van der Waals surface area contributed by atoms with Gasteiger partial charge < -0.3 is 4.74 Å². The number of rotatable bonds is 9. The Kier molecular flexibility index (Phi) is 9.04. The molecule has 0 saturated heterocycles. The molecule has 0 radical (unpaired) electrons. The van der Waals surface area contributed by atoms with Gasteiger partial charge in [-0.2, -0.15) is 8.78 Å². The normalized spacial score (nSPS) is 32.5. The quantitative estimate of drug-likeness (QED) is 0.331. The van der Waals surface area contributed by atoms with Gasteiger partial charge in [0.2, 0.25) is 0 Å². The highest BCUT2D eigenvalue weighted by molar-refractivity contribution is 5.31. The standard InChI is InChI=1S/C29H43F3O/c1-2-3-4-5-6-20-7-8-25-18-24(14-13-23(25)17-20)21-9-11-22(12-10-21)26-15-16-28(27(30)19-26)33-29(31)32/h15-16,19-25,29H,2-14,17-18H2,1H3. The molecule has 1 nitrogen and oxygen atoms in total. The molecule has 4 atom stereocenters. The summed E-state index contributed by atoms with van der Waals surface area (Å²) >= 11 is 0. The van der Waals surface area contributed by atoms with Gasteiger partial charge in [-0.05, 0) is 111 Å². The summed E-state index contributed by atoms with van der Waals surface area (Å²) in [7, 11) is 0. The van der Waals surface area contributed by atoms with Crippen LogP contribution in [0.15, 0.2) is 18.2 Å². The molecule has 3 aliphatic carbocycles. The molecular weight excluding hydrogens is 421 g/mol. The van der Waals surface area contributed by atoms with Gasteiger partial charge in [0.05, 0.1) is 0 Å². The Balaban J connectivity index is 1.22. The first-order chi connectivity index (χ1) is 16.0. The number of hydrogen-bond donors (Lipinski definition) is 0. The maximum absolute atomic E-state index is 14.2. The molecule has 0 N–H and O–H groups in total. The lowest BCUT2D eigenvalue weighted by Gasteiger charge is -2.45. The second-order valence-electron chi connectivity index (χ2n) is 11.3. The van der Waals surface area contributed by atoms with Crippen LogP contribution in [0, 0.1) is 35.4 Å². The van der Waals surface area contributed by atoms with Crippen LogP contribution in [0.3, 0.4) is 0 Å². The number of ether oxygens (including phenoxy) is 1. The highest BCUT2D eigenvalue weighted by Gasteiger charge is 2.38. The van der Waals surface area contributed by atoms with Crippen molar-refractivity contribution < 1.29 is 17.9 Å². The van der Waals surface area contributed by atoms with Crippen molar-refractivity contribution in [2.45, 2.75) is 116 Å². The Labute approximate surface area is 198 Å². The van der Waals surface area contributed by atoms with Crippen molar-refractivity contribution in [3.63, 3.8) is 0 Å². The van der Waals surface area contributed by atoms with E-state index in [1.807, 2.05) is 0 Å². The lowest BCUT2D eigenvalue weighted by molar-refractivity contribution is -0.0522. The van der Waals surface area contributed by atoms with E-state index in [-0.39, 0.29) is 5.75 Å². The van der Waals surface area contributed by atoms with Gasteiger partial charge in [-0.25, -0.2) is 4.39 Å². The Morgan fingerprint density at radius 3 is 2.18 bits per heavy atom. The van der Waals surface area contributed by atoms with Crippen molar-refractivity contribution >= 4 is 0 Å². The van der Waals surface area contributed by atoms with Gasteiger partial charge in [-0.1, -0.05) is 51.5 Å². The molecule has 4 heteroatoms. The molecule has 186 valence electrons. The van der Waals surface area contributed by atoms with Crippen LogP contribution in [0.25, 0.3) is 0 Å². The average Bonchev–Trinajstić information content (AvgIpc) is 2.82. The smallest absolute Gasteiger partial charge is 0.387 e. The molecule has 0 amide bonds. The van der Waals surface area contributed by atoms with Crippen molar-refractivity contribution in [3.05, 3.63) is 29.6 Å². The molecule has 3 aliphatic rings. The summed E-state index contributed by atoms with van der Waals surface area (Å²) in [5.74, 6) is 3.96. The van der Waals surface area contributed by atoms with E-state index >= 15 is 0 Å². The first-order valence-electron chi connectivity index (χ1n) is 13.8. The summed E-state index contributed by atoms with van der Waals surface area (Å²) in [5.41, 5.74) is 0.938. The van der Waals surface area contributed by atoms with Gasteiger partial charge in [0, 0.05) is 0 Å². The maximum Gasteiger partial charge on any atom is 0.387 e. The molecule has 1 aromatic rings. The van der Waals surface area contributed by atoms with Crippen molar-refractivity contribution in [1.82, 2.24) is 0 Å². The molecule has 0 spiro atoms. The highest BCUT2D eigenvalue weighted by atomic mass is 19.3. The third kappa shape index (κ3) is 6.69. The van der Waals surface area contributed by atoms with Gasteiger partial charge in [0.15, 0.2) is 11.6 Å². The molecule has 4 rings (SSSR count). The van der Waals surface area contributed by atoms with Crippen molar-refractivity contribution in [1.29, 1.82) is 0 Å². The maximum atomic E-state index is 14.2. The minimum atomic E-state index is -2.99. The van der Waals surface area contributed by atoms with Crippen molar-refractivity contribution in [2.24, 2.45) is 29.6 Å². The Morgan fingerprint density at radius 1 is 0.818 bits per heavy atom. The SMILES string of the molecule is CCCCCCC1CCC2CC(C3CCC(c4ccc(OC(F)F)c(F)c4)CC3)CCC2C1. The van der Waals surface area contributed by atoms with Gasteiger partial charge in [0.1, 0.15) is 0 Å². The second kappa shape index (κ2) is 12.0. The van der Waals surface area contributed by atoms with Crippen LogP contribution in [0.1, 0.15) is 115 Å². The Bertz CT molecular complexity index is 728. The Morgan fingerprint density at radius 2 is 1.48 bits per heavy atom. The summed E-state index contributed by atoms with van der Waals surface area (Å²) in [6.45, 7) is -0.696. The fourth-order valence-corrected chi connectivity index (χ4v) is 7.46. The minimum Gasteiger partial charge on any atom is -0.432 e. The van der Waals surface area contributed by atoms with Crippen LogP contribution in [0.2, 0.25) is 0 Å². The number of unbranched alkanes of at least 4 members (excludes halogenated alkanes) is 3. The Hall–Kier alpha value is -1.19. The summed E-state index contributed by atoms with van der Waals surface area (Å²) in [4.78, 5) is 0. The van der Waals surface area contributed by atoms with Crippen LogP contribution in [-0.4, -0.2) is 6.61 Å². The molecule has 1 aromatic carbocycles. The molecule has 4 unspecified atom stereocenters. The molecule has 0 bridgehead atoms. The summed E-state index contributed by atoms with van der Waals surface area (Å²) in [6, 6.07) is 4.55. The predicted octanol–water partition coefficient (Wildman–Crippen LogP) is 9.50. The second-order valence-corrected chi connectivity index (χ2v) is 11.3. The number of halogens is 3. The topological polar surface area (TPSA) is 9.23 Å². The van der Waals surface area contributed by atoms with Crippen LogP contribution in [0.4, 0.5) is 13.2 Å². The fraction of sp³-hybridized carbons (Fsp3) is 0.793. The molecular formula is C29H43F3O. The first-order valence-corrected chi connectivity index (χ1v) is 13.8. The zero-order valence-corrected chi connectivity index (χ0v) is 20.4. The van der Waals surface area contributed by atoms with E-state index in [9.17, 15) is 13.2 Å². The number of benzene rings is 1. The predicted molar refractivity (Wildman–Crippen MR) is 128 cm³/mol. The number of alkyl halides is 2. The summed E-state index contributed by atoms with van der Waals surface area (Å²) in [5, 5.41) is 0. The van der Waals surface area contributed by atoms with E-state index in [1.54, 1.807) is 6.07 Å². The summed E-state index contributed by atoms with van der Waals surface area (Å²) < 4.78 is 43.2. The molecule has 33 heavy (non-hydrogen) atoms. The van der Waals surface area contributed by atoms with Gasteiger partial charge >= 0.3 is 6.61 Å². The molecule has 3 fully saturated rings. The largest absolute Gasteiger partial charge is 0.432 e. The van der Waals surface area contributed by atoms with E-state index in [2.05, 4.69) is 11.7 Å². The molecule has 0 aliphatic heterocycles. The minimum absolute atomic E-state index is 0.343. The zero-order valence-electron chi connectivity index (χ0n) is 20.4. The third-order valence-electron chi connectivity index (χ3n) is 9.31. The van der Waals surface area contributed by atoms with E-state index in [4.69, 9.17) is 0 Å². The van der Waals surface area contributed by atoms with E-state index in [0.717, 1.165) is 48.0 Å². The lowest BCUT2D eigenvalue weighted by Crippen LogP contribution is -2.34. The van der Waals surface area contributed by atoms with E-state index < -0.39 is 12.4 Å². The van der Waals surface area contributed by atoms with Gasteiger partial charge in [-0.15, -0.1) is 0 Å². The van der Waals surface area contributed by atoms with Crippen LogP contribution >= 0.6 is 0 Å². The van der Waals surface area contributed by atoms with Crippen LogP contribution < -0.4 is 4.74 Å². The monoisotopic (exact) mass is 464 g/mol. The van der Waals surface area contributed by atoms with Crippen LogP contribution in [0.5, 0.6) is 5.75 Å². The number of hydrogen-bond acceptors (Lipinski definition) is 1. The van der Waals surface area contributed by atoms with Crippen LogP contribution in [-0.2, 0) is 0 Å². The van der Waals surface area contributed by atoms with Crippen molar-refractivity contribution in [3.8, 4) is 5.75 Å². The third-order valence-corrected chi connectivity index (χ3v) is 9.31. The average molecular weight is 465 g/mol. The van der Waals surface area contributed by atoms with Gasteiger partial charge in [-0.3, -0.25) is 0 Å². The molecule has 0 heterocycles. The lowest BCUT2D eigenvalue weighted by atomic mass is 9.60. The molecule has 3 saturated carbocycles.